The van der Waals surface area contributed by atoms with Crippen LogP contribution < -0.4 is 10.6 Å². The Kier molecular flexibility index (Phi) is 8.06. The van der Waals surface area contributed by atoms with Gasteiger partial charge in [0.1, 0.15) is 0 Å². The molecule has 0 saturated carbocycles. The SMILES string of the molecule is CCC(CCNC(=NC)NCCc1ccc(Cl)cc1)N1CCCC1=O. The van der Waals surface area contributed by atoms with Gasteiger partial charge in [-0.25, -0.2) is 0 Å². The topological polar surface area (TPSA) is 56.7 Å². The summed E-state index contributed by atoms with van der Waals surface area (Å²) >= 11 is 5.90. The van der Waals surface area contributed by atoms with Crippen LogP contribution in [0.2, 0.25) is 5.02 Å². The number of aliphatic imine (C=N–C) groups is 1. The zero-order valence-corrected chi connectivity index (χ0v) is 16.0. The van der Waals surface area contributed by atoms with Gasteiger partial charge < -0.3 is 15.5 Å². The fourth-order valence-electron chi connectivity index (χ4n) is 3.19. The summed E-state index contributed by atoms with van der Waals surface area (Å²) in [6, 6.07) is 8.23. The smallest absolute Gasteiger partial charge is 0.222 e. The molecule has 0 radical (unpaired) electrons. The van der Waals surface area contributed by atoms with Gasteiger partial charge in [0.2, 0.25) is 5.91 Å². The molecule has 1 aromatic carbocycles. The van der Waals surface area contributed by atoms with Crippen molar-refractivity contribution in [3.8, 4) is 0 Å². The Morgan fingerprint density at radius 1 is 1.28 bits per heavy atom. The van der Waals surface area contributed by atoms with Gasteiger partial charge in [0.15, 0.2) is 5.96 Å². The highest BCUT2D eigenvalue weighted by atomic mass is 35.5. The van der Waals surface area contributed by atoms with Crippen LogP contribution in [0.15, 0.2) is 29.3 Å². The van der Waals surface area contributed by atoms with E-state index in [9.17, 15) is 4.79 Å². The first-order chi connectivity index (χ1) is 12.1. The maximum absolute atomic E-state index is 11.9. The first-order valence-electron chi connectivity index (χ1n) is 9.12. The van der Waals surface area contributed by atoms with Gasteiger partial charge in [-0.05, 0) is 43.4 Å². The number of hydrogen-bond acceptors (Lipinski definition) is 2. The molecule has 1 saturated heterocycles. The van der Waals surface area contributed by atoms with Crippen LogP contribution in [0.1, 0.15) is 38.2 Å². The van der Waals surface area contributed by atoms with Crippen molar-refractivity contribution in [2.75, 3.05) is 26.7 Å². The van der Waals surface area contributed by atoms with Crippen molar-refractivity contribution >= 4 is 23.5 Å². The first-order valence-corrected chi connectivity index (χ1v) is 9.50. The number of likely N-dealkylation sites (tertiary alicyclic amines) is 1. The second-order valence-electron chi connectivity index (χ2n) is 6.34. The summed E-state index contributed by atoms with van der Waals surface area (Å²) in [5.41, 5.74) is 1.24. The molecule has 0 aromatic heterocycles. The zero-order chi connectivity index (χ0) is 18.1. The molecule has 6 heteroatoms. The summed E-state index contributed by atoms with van der Waals surface area (Å²) in [7, 11) is 1.78. The van der Waals surface area contributed by atoms with E-state index in [4.69, 9.17) is 11.6 Å². The quantitative estimate of drug-likeness (QED) is 0.551. The Morgan fingerprint density at radius 3 is 2.60 bits per heavy atom. The lowest BCUT2D eigenvalue weighted by molar-refractivity contribution is -0.129. The Hall–Kier alpha value is -1.75. The minimum absolute atomic E-state index is 0.303. The van der Waals surface area contributed by atoms with Gasteiger partial charge in [-0.3, -0.25) is 9.79 Å². The van der Waals surface area contributed by atoms with Gasteiger partial charge in [-0.1, -0.05) is 30.7 Å². The number of nitrogens with one attached hydrogen (secondary N) is 2. The van der Waals surface area contributed by atoms with Crippen molar-refractivity contribution < 1.29 is 4.79 Å². The van der Waals surface area contributed by atoms with Crippen LogP contribution in [0.3, 0.4) is 0 Å². The molecule has 138 valence electrons. The summed E-state index contributed by atoms with van der Waals surface area (Å²) in [6.07, 6.45) is 4.56. The number of carbonyl (C=O) groups is 1. The summed E-state index contributed by atoms with van der Waals surface area (Å²) in [5.74, 6) is 1.11. The molecule has 5 nitrogen and oxygen atoms in total. The van der Waals surface area contributed by atoms with E-state index in [0.29, 0.717) is 18.4 Å². The van der Waals surface area contributed by atoms with E-state index in [1.54, 1.807) is 7.05 Å². The third-order valence-electron chi connectivity index (χ3n) is 4.64. The predicted octanol–water partition coefficient (Wildman–Crippen LogP) is 2.84. The molecule has 2 rings (SSSR count). The third-order valence-corrected chi connectivity index (χ3v) is 4.89. The molecule has 1 aromatic rings. The molecule has 0 bridgehead atoms. The molecule has 1 heterocycles. The van der Waals surface area contributed by atoms with Gasteiger partial charge in [-0.15, -0.1) is 0 Å². The standard InChI is InChI=1S/C19H29ClN4O/c1-3-17(24-14-4-5-18(24)25)11-13-23-19(21-2)22-12-10-15-6-8-16(20)9-7-15/h6-9,17H,3-5,10-14H2,1-2H3,(H2,21,22,23). The van der Waals surface area contributed by atoms with E-state index >= 15 is 0 Å². The van der Waals surface area contributed by atoms with Crippen LogP contribution in [-0.4, -0.2) is 49.5 Å². The lowest BCUT2D eigenvalue weighted by Crippen LogP contribution is -2.42. The largest absolute Gasteiger partial charge is 0.356 e. The van der Waals surface area contributed by atoms with Crippen molar-refractivity contribution in [3.05, 3.63) is 34.9 Å². The normalized spacial score (nSPS) is 16.2. The Bertz CT molecular complexity index is 573. The number of carbonyl (C=O) groups excluding carboxylic acids is 1. The minimum atomic E-state index is 0.303. The molecule has 2 N–H and O–H groups in total. The summed E-state index contributed by atoms with van der Waals surface area (Å²) in [6.45, 7) is 4.67. The van der Waals surface area contributed by atoms with Gasteiger partial charge in [0.05, 0.1) is 0 Å². The van der Waals surface area contributed by atoms with Crippen LogP contribution in [0.4, 0.5) is 0 Å². The summed E-state index contributed by atoms with van der Waals surface area (Å²) in [5, 5.41) is 7.44. The molecular formula is C19H29ClN4O. The predicted molar refractivity (Wildman–Crippen MR) is 104 cm³/mol. The number of rotatable bonds is 8. The van der Waals surface area contributed by atoms with Gasteiger partial charge in [0, 0.05) is 44.2 Å². The van der Waals surface area contributed by atoms with E-state index in [-0.39, 0.29) is 0 Å². The Balaban J connectivity index is 1.69. The van der Waals surface area contributed by atoms with E-state index in [0.717, 1.165) is 56.3 Å². The lowest BCUT2D eigenvalue weighted by Gasteiger charge is -2.27. The number of amides is 1. The van der Waals surface area contributed by atoms with Crippen molar-refractivity contribution in [3.63, 3.8) is 0 Å². The van der Waals surface area contributed by atoms with Crippen molar-refractivity contribution in [2.24, 2.45) is 4.99 Å². The van der Waals surface area contributed by atoms with Crippen LogP contribution in [0, 0.1) is 0 Å². The fraction of sp³-hybridized carbons (Fsp3) is 0.579. The second-order valence-corrected chi connectivity index (χ2v) is 6.78. The van der Waals surface area contributed by atoms with Crippen LogP contribution in [0.25, 0.3) is 0 Å². The number of hydrogen-bond donors (Lipinski definition) is 2. The van der Waals surface area contributed by atoms with Crippen molar-refractivity contribution in [1.29, 1.82) is 0 Å². The van der Waals surface area contributed by atoms with Crippen LogP contribution in [0.5, 0.6) is 0 Å². The molecule has 0 spiro atoms. The fourth-order valence-corrected chi connectivity index (χ4v) is 3.32. The minimum Gasteiger partial charge on any atom is -0.356 e. The molecule has 1 fully saturated rings. The number of benzene rings is 1. The van der Waals surface area contributed by atoms with E-state index < -0.39 is 0 Å². The molecule has 1 aliphatic rings. The zero-order valence-electron chi connectivity index (χ0n) is 15.2. The van der Waals surface area contributed by atoms with Gasteiger partial charge in [-0.2, -0.15) is 0 Å². The number of guanidine groups is 1. The number of nitrogens with zero attached hydrogens (tertiary/aromatic N) is 2. The summed E-state index contributed by atoms with van der Waals surface area (Å²) < 4.78 is 0. The second kappa shape index (κ2) is 10.3. The highest BCUT2D eigenvalue weighted by Crippen LogP contribution is 2.17. The van der Waals surface area contributed by atoms with Crippen LogP contribution >= 0.6 is 11.6 Å². The first kappa shape index (κ1) is 19.6. The average Bonchev–Trinajstić information content (AvgIpc) is 3.04. The van der Waals surface area contributed by atoms with Crippen molar-refractivity contribution in [1.82, 2.24) is 15.5 Å². The molecule has 1 amide bonds. The van der Waals surface area contributed by atoms with Crippen molar-refractivity contribution in [2.45, 2.75) is 45.1 Å². The maximum atomic E-state index is 11.9. The molecule has 25 heavy (non-hydrogen) atoms. The number of halogens is 1. The Morgan fingerprint density at radius 2 is 2.00 bits per heavy atom. The molecule has 1 atom stereocenters. The molecular weight excluding hydrogens is 336 g/mol. The van der Waals surface area contributed by atoms with Gasteiger partial charge >= 0.3 is 0 Å². The lowest BCUT2D eigenvalue weighted by atomic mass is 10.1. The Labute approximate surface area is 155 Å². The molecule has 1 aliphatic heterocycles. The monoisotopic (exact) mass is 364 g/mol. The highest BCUT2D eigenvalue weighted by Gasteiger charge is 2.26. The van der Waals surface area contributed by atoms with Crippen LogP contribution in [-0.2, 0) is 11.2 Å². The van der Waals surface area contributed by atoms with E-state index in [1.807, 2.05) is 29.2 Å². The van der Waals surface area contributed by atoms with Gasteiger partial charge in [0.25, 0.3) is 0 Å². The third kappa shape index (κ3) is 6.24. The highest BCUT2D eigenvalue weighted by molar-refractivity contribution is 6.30. The van der Waals surface area contributed by atoms with E-state index in [1.165, 1.54) is 5.56 Å². The average molecular weight is 365 g/mol. The molecule has 0 aliphatic carbocycles. The summed E-state index contributed by atoms with van der Waals surface area (Å²) in [4.78, 5) is 18.2. The molecule has 1 unspecified atom stereocenters. The maximum Gasteiger partial charge on any atom is 0.222 e. The van der Waals surface area contributed by atoms with E-state index in [2.05, 4.69) is 22.5 Å².